The fourth-order valence-electron chi connectivity index (χ4n) is 4.31. The van der Waals surface area contributed by atoms with E-state index < -0.39 is 10.0 Å². The van der Waals surface area contributed by atoms with E-state index in [1.807, 2.05) is 18.2 Å². The molecule has 2 atom stereocenters. The van der Waals surface area contributed by atoms with Crippen molar-refractivity contribution >= 4 is 44.1 Å². The van der Waals surface area contributed by atoms with E-state index >= 15 is 0 Å². The number of nitrogens with zero attached hydrogens (tertiary/aromatic N) is 3. The van der Waals surface area contributed by atoms with E-state index in [0.717, 1.165) is 54.1 Å². The van der Waals surface area contributed by atoms with Crippen molar-refractivity contribution in [3.05, 3.63) is 34.4 Å². The maximum atomic E-state index is 11.6. The fourth-order valence-corrected chi connectivity index (χ4v) is 6.17. The summed E-state index contributed by atoms with van der Waals surface area (Å²) in [4.78, 5) is 4.76. The Balaban J connectivity index is 1.46. The predicted molar refractivity (Wildman–Crippen MR) is 122 cm³/mol. The average Bonchev–Trinajstić information content (AvgIpc) is 3.31. The number of aromatic nitrogens is 3. The van der Waals surface area contributed by atoms with E-state index in [9.17, 15) is 8.42 Å². The van der Waals surface area contributed by atoms with Crippen LogP contribution in [0.2, 0.25) is 5.02 Å². The Hall–Kier alpha value is -1.56. The zero-order valence-corrected chi connectivity index (χ0v) is 19.4. The largest absolute Gasteiger partial charge is 0.381 e. The van der Waals surface area contributed by atoms with Gasteiger partial charge < -0.3 is 14.6 Å². The summed E-state index contributed by atoms with van der Waals surface area (Å²) in [7, 11) is -3.28. The lowest BCUT2D eigenvalue weighted by Crippen LogP contribution is -2.58. The van der Waals surface area contributed by atoms with Crippen LogP contribution < -0.4 is 10.0 Å². The summed E-state index contributed by atoms with van der Waals surface area (Å²) < 4.78 is 38.2. The molecule has 3 aromatic rings. The van der Waals surface area contributed by atoms with E-state index in [4.69, 9.17) is 21.3 Å². The molecule has 2 saturated heterocycles. The summed E-state index contributed by atoms with van der Waals surface area (Å²) in [6, 6.07) is 5.53. The third kappa shape index (κ3) is 4.37. The van der Waals surface area contributed by atoms with Crippen molar-refractivity contribution in [2.75, 3.05) is 26.0 Å². The number of rotatable bonds is 6. The van der Waals surface area contributed by atoms with Crippen molar-refractivity contribution < 1.29 is 13.2 Å². The quantitative estimate of drug-likeness (QED) is 0.561. The molecule has 2 unspecified atom stereocenters. The summed E-state index contributed by atoms with van der Waals surface area (Å²) in [5.74, 6) is 1.19. The van der Waals surface area contributed by atoms with Gasteiger partial charge in [0.05, 0.1) is 28.9 Å². The second-order valence-electron chi connectivity index (χ2n) is 8.23. The number of para-hydroxylation sites is 1. The van der Waals surface area contributed by atoms with Crippen LogP contribution in [0, 0.1) is 5.92 Å². The van der Waals surface area contributed by atoms with E-state index in [1.54, 1.807) is 0 Å². The molecule has 2 fully saturated rings. The van der Waals surface area contributed by atoms with E-state index in [2.05, 4.69) is 25.2 Å². The molecule has 0 bridgehead atoms. The van der Waals surface area contributed by atoms with E-state index in [0.29, 0.717) is 23.3 Å². The first-order valence-corrected chi connectivity index (χ1v) is 13.3. The van der Waals surface area contributed by atoms with Crippen LogP contribution in [-0.4, -0.2) is 54.4 Å². The Morgan fingerprint density at radius 3 is 2.87 bits per heavy atom. The van der Waals surface area contributed by atoms with Crippen LogP contribution in [0.25, 0.3) is 22.3 Å². The van der Waals surface area contributed by atoms with E-state index in [1.165, 1.54) is 17.8 Å². The number of hydrogen-bond donors (Lipinski definition) is 2. The number of hydrogen-bond acceptors (Lipinski definition) is 7. The van der Waals surface area contributed by atoms with Crippen molar-refractivity contribution in [1.29, 1.82) is 0 Å². The Morgan fingerprint density at radius 2 is 2.16 bits per heavy atom. The SMILES string of the molecule is CS(=O)(=O)NC1CNC1c1nc(-c2cn(CC3CCOCC3)c3c(Cl)cccc23)ns1. The highest BCUT2D eigenvalue weighted by atomic mass is 35.5. The highest BCUT2D eigenvalue weighted by molar-refractivity contribution is 7.88. The summed E-state index contributed by atoms with van der Waals surface area (Å²) >= 11 is 7.89. The standard InChI is InChI=1S/C20H24ClN5O3S2/c1-31(27,28)25-16-9-22-17(16)20-23-19(24-30-20)14-11-26(10-12-5-7-29-8-6-12)18-13(14)3-2-4-15(18)21/h2-4,11-12,16-17,22,25H,5-10H2,1H3. The van der Waals surface area contributed by atoms with Gasteiger partial charge in [0.15, 0.2) is 5.82 Å². The summed E-state index contributed by atoms with van der Waals surface area (Å²) in [5, 5.41) is 5.76. The van der Waals surface area contributed by atoms with Gasteiger partial charge in [-0.3, -0.25) is 0 Å². The van der Waals surface area contributed by atoms with Gasteiger partial charge in [-0.05, 0) is 36.4 Å². The van der Waals surface area contributed by atoms with Crippen molar-refractivity contribution in [1.82, 2.24) is 24.0 Å². The molecule has 166 valence electrons. The molecular weight excluding hydrogens is 458 g/mol. The first-order valence-electron chi connectivity index (χ1n) is 10.3. The molecule has 0 amide bonds. The smallest absolute Gasteiger partial charge is 0.209 e. The molecule has 8 nitrogen and oxygen atoms in total. The first kappa shape index (κ1) is 21.3. The molecule has 2 aliphatic rings. The molecule has 0 spiro atoms. The molecule has 2 aliphatic heterocycles. The fraction of sp³-hybridized carbons (Fsp3) is 0.500. The van der Waals surface area contributed by atoms with Crippen LogP contribution in [0.15, 0.2) is 24.4 Å². The number of fused-ring (bicyclic) bond motifs is 1. The van der Waals surface area contributed by atoms with Crippen molar-refractivity contribution in [2.24, 2.45) is 5.92 Å². The van der Waals surface area contributed by atoms with Crippen LogP contribution in [0.3, 0.4) is 0 Å². The molecule has 0 radical (unpaired) electrons. The van der Waals surface area contributed by atoms with Crippen LogP contribution in [0.5, 0.6) is 0 Å². The second-order valence-corrected chi connectivity index (χ2v) is 11.2. The normalized spacial score (nSPS) is 22.6. The van der Waals surface area contributed by atoms with Gasteiger partial charge in [-0.25, -0.2) is 18.1 Å². The minimum atomic E-state index is -3.28. The molecule has 2 N–H and O–H groups in total. The van der Waals surface area contributed by atoms with Crippen LogP contribution in [0.4, 0.5) is 0 Å². The minimum Gasteiger partial charge on any atom is -0.381 e. The first-order chi connectivity index (χ1) is 14.9. The van der Waals surface area contributed by atoms with Crippen molar-refractivity contribution in [3.63, 3.8) is 0 Å². The number of ether oxygens (including phenoxy) is 1. The lowest BCUT2D eigenvalue weighted by molar-refractivity contribution is 0.0616. The Labute approximate surface area is 190 Å². The van der Waals surface area contributed by atoms with Gasteiger partial charge >= 0.3 is 0 Å². The highest BCUT2D eigenvalue weighted by Crippen LogP contribution is 2.36. The second kappa shape index (κ2) is 8.42. The molecule has 0 saturated carbocycles. The van der Waals surface area contributed by atoms with Crippen LogP contribution >= 0.6 is 23.1 Å². The molecule has 0 aliphatic carbocycles. The zero-order chi connectivity index (χ0) is 21.6. The molecule has 1 aromatic carbocycles. The Bertz CT molecular complexity index is 1200. The van der Waals surface area contributed by atoms with Gasteiger partial charge in [-0.1, -0.05) is 23.7 Å². The molecule has 5 rings (SSSR count). The minimum absolute atomic E-state index is 0.167. The zero-order valence-electron chi connectivity index (χ0n) is 17.0. The van der Waals surface area contributed by atoms with Gasteiger partial charge in [-0.15, -0.1) is 0 Å². The lowest BCUT2D eigenvalue weighted by atomic mass is 10.0. The molecule has 2 aromatic heterocycles. The summed E-state index contributed by atoms with van der Waals surface area (Å²) in [6.45, 7) is 3.06. The maximum absolute atomic E-state index is 11.6. The highest BCUT2D eigenvalue weighted by Gasteiger charge is 2.36. The average molecular weight is 482 g/mol. The predicted octanol–water partition coefficient (Wildman–Crippen LogP) is 2.80. The van der Waals surface area contributed by atoms with Gasteiger partial charge in [0.25, 0.3) is 0 Å². The third-order valence-corrected chi connectivity index (χ3v) is 7.75. The summed E-state index contributed by atoms with van der Waals surface area (Å²) in [6.07, 6.45) is 5.35. The Morgan fingerprint density at radius 1 is 1.35 bits per heavy atom. The maximum Gasteiger partial charge on any atom is 0.209 e. The van der Waals surface area contributed by atoms with Gasteiger partial charge in [0, 0.05) is 43.4 Å². The lowest BCUT2D eigenvalue weighted by Gasteiger charge is -2.36. The molecule has 4 heterocycles. The number of halogens is 1. The number of benzene rings is 1. The number of nitrogens with one attached hydrogen (secondary N) is 2. The monoisotopic (exact) mass is 481 g/mol. The molecule has 11 heteroatoms. The number of sulfonamides is 1. The van der Waals surface area contributed by atoms with Crippen molar-refractivity contribution in [2.45, 2.75) is 31.5 Å². The topological polar surface area (TPSA) is 98.1 Å². The summed E-state index contributed by atoms with van der Waals surface area (Å²) in [5.41, 5.74) is 1.94. The van der Waals surface area contributed by atoms with Crippen LogP contribution in [-0.2, 0) is 21.3 Å². The van der Waals surface area contributed by atoms with Gasteiger partial charge in [0.1, 0.15) is 5.01 Å². The van der Waals surface area contributed by atoms with Gasteiger partial charge in [0.2, 0.25) is 10.0 Å². The molecule has 31 heavy (non-hydrogen) atoms. The molecular formula is C20H24ClN5O3S2. The third-order valence-electron chi connectivity index (χ3n) is 5.92. The van der Waals surface area contributed by atoms with E-state index in [-0.39, 0.29) is 12.1 Å². The van der Waals surface area contributed by atoms with Gasteiger partial charge in [-0.2, -0.15) is 4.37 Å². The van der Waals surface area contributed by atoms with Crippen molar-refractivity contribution in [3.8, 4) is 11.4 Å². The Kier molecular flexibility index (Phi) is 5.78. The van der Waals surface area contributed by atoms with Crippen LogP contribution in [0.1, 0.15) is 23.9 Å².